The van der Waals surface area contributed by atoms with Gasteiger partial charge >= 0.3 is 0 Å². The van der Waals surface area contributed by atoms with Crippen molar-refractivity contribution in [2.45, 2.75) is 52.1 Å². The highest BCUT2D eigenvalue weighted by atomic mass is 32.1. The van der Waals surface area contributed by atoms with Crippen molar-refractivity contribution < 1.29 is 4.79 Å². The molecule has 1 aliphatic rings. The molecule has 1 amide bonds. The topological polar surface area (TPSA) is 55.2 Å². The fourth-order valence-corrected chi connectivity index (χ4v) is 5.08. The quantitative estimate of drug-likeness (QED) is 0.664. The van der Waals surface area contributed by atoms with Crippen molar-refractivity contribution in [2.75, 3.05) is 6.54 Å². The van der Waals surface area contributed by atoms with E-state index < -0.39 is 0 Å². The van der Waals surface area contributed by atoms with Crippen LogP contribution >= 0.6 is 11.3 Å². The van der Waals surface area contributed by atoms with Gasteiger partial charge in [-0.3, -0.25) is 14.2 Å². The zero-order valence-electron chi connectivity index (χ0n) is 16.4. The molecule has 1 saturated heterocycles. The standard InChI is InChI=1S/C22H25N3O2S/c1-15-8-6-7-12-25(15)18(26)11-13-24-14-23-21-20(22(24)27)19(16(2)28-21)17-9-4-3-5-10-17/h3-5,9-10,14-15H,6-8,11-13H2,1-2H3. The molecule has 3 aromatic rings. The number of nitrogens with zero attached hydrogens (tertiary/aromatic N) is 3. The zero-order chi connectivity index (χ0) is 19.7. The van der Waals surface area contributed by atoms with Crippen LogP contribution in [0.2, 0.25) is 0 Å². The van der Waals surface area contributed by atoms with Crippen LogP contribution < -0.4 is 5.56 Å². The van der Waals surface area contributed by atoms with Crippen LogP contribution in [-0.4, -0.2) is 32.9 Å². The summed E-state index contributed by atoms with van der Waals surface area (Å²) in [7, 11) is 0. The summed E-state index contributed by atoms with van der Waals surface area (Å²) in [6.45, 7) is 5.33. The minimum atomic E-state index is -0.0623. The molecule has 0 radical (unpaired) electrons. The number of amides is 1. The lowest BCUT2D eigenvalue weighted by Gasteiger charge is -2.33. The summed E-state index contributed by atoms with van der Waals surface area (Å²) < 4.78 is 1.59. The first-order valence-electron chi connectivity index (χ1n) is 9.89. The second kappa shape index (κ2) is 7.87. The molecular formula is C22H25N3O2S. The van der Waals surface area contributed by atoms with Crippen LogP contribution in [-0.2, 0) is 11.3 Å². The van der Waals surface area contributed by atoms with Crippen molar-refractivity contribution in [3.63, 3.8) is 0 Å². The van der Waals surface area contributed by atoms with E-state index in [9.17, 15) is 9.59 Å². The number of thiophene rings is 1. The van der Waals surface area contributed by atoms with Gasteiger partial charge in [0.1, 0.15) is 4.83 Å². The average molecular weight is 396 g/mol. The fraction of sp³-hybridized carbons (Fsp3) is 0.409. The predicted molar refractivity (Wildman–Crippen MR) is 114 cm³/mol. The smallest absolute Gasteiger partial charge is 0.262 e. The number of aryl methyl sites for hydroxylation is 2. The second-order valence-corrected chi connectivity index (χ2v) is 8.71. The van der Waals surface area contributed by atoms with Gasteiger partial charge in [0.15, 0.2) is 0 Å². The molecule has 1 unspecified atom stereocenters. The summed E-state index contributed by atoms with van der Waals surface area (Å²) in [5, 5.41) is 0.662. The van der Waals surface area contributed by atoms with E-state index in [4.69, 9.17) is 0 Å². The van der Waals surface area contributed by atoms with Crippen LogP contribution in [0.4, 0.5) is 0 Å². The van der Waals surface area contributed by atoms with Gasteiger partial charge in [-0.25, -0.2) is 4.98 Å². The molecule has 4 rings (SSSR count). The van der Waals surface area contributed by atoms with E-state index in [0.717, 1.165) is 40.2 Å². The van der Waals surface area contributed by atoms with Gasteiger partial charge in [0.2, 0.25) is 5.91 Å². The van der Waals surface area contributed by atoms with Gasteiger partial charge < -0.3 is 4.90 Å². The van der Waals surface area contributed by atoms with Crippen molar-refractivity contribution in [3.05, 3.63) is 51.9 Å². The molecule has 146 valence electrons. The first-order valence-corrected chi connectivity index (χ1v) is 10.7. The molecule has 0 aliphatic carbocycles. The molecule has 6 heteroatoms. The van der Waals surface area contributed by atoms with E-state index in [1.165, 1.54) is 6.42 Å². The Morgan fingerprint density at radius 3 is 2.79 bits per heavy atom. The number of aromatic nitrogens is 2. The van der Waals surface area contributed by atoms with Gasteiger partial charge in [0.05, 0.1) is 11.7 Å². The third-order valence-electron chi connectivity index (χ3n) is 5.61. The predicted octanol–water partition coefficient (Wildman–Crippen LogP) is 4.22. The van der Waals surface area contributed by atoms with Crippen molar-refractivity contribution in [1.82, 2.24) is 14.5 Å². The summed E-state index contributed by atoms with van der Waals surface area (Å²) in [5.41, 5.74) is 1.93. The molecule has 3 heterocycles. The van der Waals surface area contributed by atoms with Crippen molar-refractivity contribution in [2.24, 2.45) is 0 Å². The Morgan fingerprint density at radius 1 is 1.25 bits per heavy atom. The summed E-state index contributed by atoms with van der Waals surface area (Å²) in [4.78, 5) is 34.2. The van der Waals surface area contributed by atoms with Crippen LogP contribution in [0.1, 0.15) is 37.5 Å². The third-order valence-corrected chi connectivity index (χ3v) is 6.62. The molecule has 0 spiro atoms. The van der Waals surface area contributed by atoms with Crippen molar-refractivity contribution in [3.8, 4) is 11.1 Å². The van der Waals surface area contributed by atoms with E-state index in [0.29, 0.717) is 24.4 Å². The molecule has 28 heavy (non-hydrogen) atoms. The molecule has 1 fully saturated rings. The number of piperidine rings is 1. The Morgan fingerprint density at radius 2 is 2.04 bits per heavy atom. The monoisotopic (exact) mass is 395 g/mol. The number of rotatable bonds is 4. The average Bonchev–Trinajstić information content (AvgIpc) is 3.05. The van der Waals surface area contributed by atoms with E-state index in [1.807, 2.05) is 42.2 Å². The van der Waals surface area contributed by atoms with Crippen LogP contribution in [0.15, 0.2) is 41.5 Å². The molecule has 1 aliphatic heterocycles. The lowest BCUT2D eigenvalue weighted by Crippen LogP contribution is -2.42. The maximum absolute atomic E-state index is 13.2. The minimum absolute atomic E-state index is 0.0623. The number of carbonyl (C=O) groups excluding carboxylic acids is 1. The van der Waals surface area contributed by atoms with Crippen LogP contribution in [0.25, 0.3) is 21.3 Å². The van der Waals surface area contributed by atoms with Crippen LogP contribution in [0.5, 0.6) is 0 Å². The van der Waals surface area contributed by atoms with Gasteiger partial charge in [-0.05, 0) is 38.7 Å². The molecule has 0 saturated carbocycles. The molecular weight excluding hydrogens is 370 g/mol. The summed E-state index contributed by atoms with van der Waals surface area (Å²) >= 11 is 1.54. The maximum Gasteiger partial charge on any atom is 0.262 e. The Labute approximate surface area is 168 Å². The number of hydrogen-bond acceptors (Lipinski definition) is 4. The van der Waals surface area contributed by atoms with Gasteiger partial charge in [0, 0.05) is 36.0 Å². The van der Waals surface area contributed by atoms with E-state index in [2.05, 4.69) is 11.9 Å². The summed E-state index contributed by atoms with van der Waals surface area (Å²) in [6, 6.07) is 10.3. The lowest BCUT2D eigenvalue weighted by molar-refractivity contribution is -0.134. The number of hydrogen-bond donors (Lipinski definition) is 0. The Balaban J connectivity index is 1.63. The summed E-state index contributed by atoms with van der Waals surface area (Å²) in [5.74, 6) is 0.129. The Kier molecular flexibility index (Phi) is 5.31. The number of benzene rings is 1. The maximum atomic E-state index is 13.2. The van der Waals surface area contributed by atoms with Gasteiger partial charge in [-0.1, -0.05) is 30.3 Å². The van der Waals surface area contributed by atoms with E-state index in [-0.39, 0.29) is 11.5 Å². The molecule has 0 bridgehead atoms. The lowest BCUT2D eigenvalue weighted by atomic mass is 10.0. The summed E-state index contributed by atoms with van der Waals surface area (Å²) in [6.07, 6.45) is 5.24. The highest BCUT2D eigenvalue weighted by Crippen LogP contribution is 2.35. The normalized spacial score (nSPS) is 17.2. The highest BCUT2D eigenvalue weighted by molar-refractivity contribution is 7.19. The molecule has 1 aromatic carbocycles. The molecule has 0 N–H and O–H groups in total. The third kappa shape index (κ3) is 3.49. The molecule has 2 aromatic heterocycles. The van der Waals surface area contributed by atoms with E-state index in [1.54, 1.807) is 22.2 Å². The first-order chi connectivity index (χ1) is 13.6. The number of carbonyl (C=O) groups is 1. The molecule has 5 nitrogen and oxygen atoms in total. The Hall–Kier alpha value is -2.47. The SMILES string of the molecule is Cc1sc2ncn(CCC(=O)N3CCCCC3C)c(=O)c2c1-c1ccccc1. The molecule has 1 atom stereocenters. The van der Waals surface area contributed by atoms with E-state index >= 15 is 0 Å². The van der Waals surface area contributed by atoms with Gasteiger partial charge in [-0.15, -0.1) is 11.3 Å². The Bertz CT molecular complexity index is 1050. The van der Waals surface area contributed by atoms with Crippen molar-refractivity contribution >= 4 is 27.5 Å². The number of fused-ring (bicyclic) bond motifs is 1. The van der Waals surface area contributed by atoms with Gasteiger partial charge in [0.25, 0.3) is 5.56 Å². The van der Waals surface area contributed by atoms with Crippen LogP contribution in [0, 0.1) is 6.92 Å². The largest absolute Gasteiger partial charge is 0.340 e. The number of likely N-dealkylation sites (tertiary alicyclic amines) is 1. The highest BCUT2D eigenvalue weighted by Gasteiger charge is 2.23. The zero-order valence-corrected chi connectivity index (χ0v) is 17.2. The van der Waals surface area contributed by atoms with Crippen molar-refractivity contribution in [1.29, 1.82) is 0 Å². The minimum Gasteiger partial charge on any atom is -0.340 e. The van der Waals surface area contributed by atoms with Gasteiger partial charge in [-0.2, -0.15) is 0 Å². The second-order valence-electron chi connectivity index (χ2n) is 7.50. The fourth-order valence-electron chi connectivity index (χ4n) is 4.08. The first kappa shape index (κ1) is 18.9. The van der Waals surface area contributed by atoms with Crippen LogP contribution in [0.3, 0.4) is 0 Å².